The molecule has 30 heavy (non-hydrogen) atoms. The van der Waals surface area contributed by atoms with Gasteiger partial charge in [0.2, 0.25) is 0 Å². The standard InChI is InChI=1S/C24H30FN3O2/c1-26-15-11-21-22(26)4-2-13-28(24(21)30)14-3-12-27-16-9-19(10-17-27)23(29)18-5-7-20(25)8-6-18/h5-8,11,15,19H,2-4,9-10,12-14,16-17H2,1H3. The Labute approximate surface area is 177 Å². The largest absolute Gasteiger partial charge is 0.354 e. The average molecular weight is 412 g/mol. The molecule has 1 aromatic carbocycles. The number of carbonyl (C=O) groups is 2. The Morgan fingerprint density at radius 3 is 2.53 bits per heavy atom. The molecular weight excluding hydrogens is 381 g/mol. The van der Waals surface area contributed by atoms with Gasteiger partial charge in [0, 0.05) is 43.5 Å². The Hall–Kier alpha value is -2.47. The Bertz CT molecular complexity index is 898. The summed E-state index contributed by atoms with van der Waals surface area (Å²) in [7, 11) is 2.01. The minimum atomic E-state index is -0.312. The van der Waals surface area contributed by atoms with Gasteiger partial charge in [0.15, 0.2) is 5.78 Å². The van der Waals surface area contributed by atoms with Crippen LogP contribution in [0.4, 0.5) is 4.39 Å². The van der Waals surface area contributed by atoms with Crippen LogP contribution in [-0.2, 0) is 13.5 Å². The van der Waals surface area contributed by atoms with Gasteiger partial charge in [0.25, 0.3) is 5.91 Å². The smallest absolute Gasteiger partial charge is 0.255 e. The molecule has 0 atom stereocenters. The van der Waals surface area contributed by atoms with E-state index in [4.69, 9.17) is 0 Å². The molecule has 0 spiro atoms. The van der Waals surface area contributed by atoms with Gasteiger partial charge in [-0.1, -0.05) is 0 Å². The summed E-state index contributed by atoms with van der Waals surface area (Å²) < 4.78 is 15.1. The van der Waals surface area contributed by atoms with Gasteiger partial charge < -0.3 is 14.4 Å². The molecule has 1 amide bonds. The third kappa shape index (κ3) is 4.48. The molecule has 1 fully saturated rings. The molecule has 2 aliphatic rings. The first-order valence-electron chi connectivity index (χ1n) is 11.0. The molecule has 0 unspecified atom stereocenters. The van der Waals surface area contributed by atoms with Crippen molar-refractivity contribution in [1.29, 1.82) is 0 Å². The van der Waals surface area contributed by atoms with Crippen LogP contribution in [0.25, 0.3) is 0 Å². The van der Waals surface area contributed by atoms with E-state index in [1.807, 2.05) is 24.2 Å². The molecule has 0 N–H and O–H groups in total. The van der Waals surface area contributed by atoms with Crippen molar-refractivity contribution in [1.82, 2.24) is 14.4 Å². The van der Waals surface area contributed by atoms with E-state index in [0.29, 0.717) is 5.56 Å². The van der Waals surface area contributed by atoms with E-state index < -0.39 is 0 Å². The molecule has 0 bridgehead atoms. The normalized spacial score (nSPS) is 18.3. The van der Waals surface area contributed by atoms with Crippen LogP contribution in [0, 0.1) is 11.7 Å². The highest BCUT2D eigenvalue weighted by Crippen LogP contribution is 2.23. The zero-order valence-electron chi connectivity index (χ0n) is 17.6. The van der Waals surface area contributed by atoms with Crippen molar-refractivity contribution in [2.75, 3.05) is 32.7 Å². The number of amides is 1. The molecule has 6 heteroatoms. The number of fused-ring (bicyclic) bond motifs is 1. The maximum absolute atomic E-state index is 13.1. The second-order valence-corrected chi connectivity index (χ2v) is 8.52. The van der Waals surface area contributed by atoms with Gasteiger partial charge in [0.05, 0.1) is 5.56 Å². The van der Waals surface area contributed by atoms with Gasteiger partial charge in [-0.05, 0) is 82.1 Å². The topological polar surface area (TPSA) is 45.5 Å². The fourth-order valence-corrected chi connectivity index (χ4v) is 4.74. The first-order chi connectivity index (χ1) is 14.5. The van der Waals surface area contributed by atoms with Crippen molar-refractivity contribution in [2.45, 2.75) is 32.1 Å². The third-order valence-corrected chi connectivity index (χ3v) is 6.55. The third-order valence-electron chi connectivity index (χ3n) is 6.55. The molecule has 0 radical (unpaired) electrons. The number of hydrogen-bond acceptors (Lipinski definition) is 3. The summed E-state index contributed by atoms with van der Waals surface area (Å²) in [6.07, 6.45) is 6.57. The number of rotatable bonds is 6. The number of ketones is 1. The molecule has 4 rings (SSSR count). The lowest BCUT2D eigenvalue weighted by Gasteiger charge is -2.32. The van der Waals surface area contributed by atoms with Crippen LogP contribution in [0.15, 0.2) is 36.5 Å². The minimum Gasteiger partial charge on any atom is -0.354 e. The van der Waals surface area contributed by atoms with Crippen LogP contribution in [-0.4, -0.2) is 58.8 Å². The lowest BCUT2D eigenvalue weighted by molar-refractivity contribution is 0.0739. The highest BCUT2D eigenvalue weighted by Gasteiger charge is 2.27. The number of piperidine rings is 1. The average Bonchev–Trinajstić information content (AvgIpc) is 3.04. The predicted octanol–water partition coefficient (Wildman–Crippen LogP) is 3.54. The number of halogens is 1. The Morgan fingerprint density at radius 2 is 1.80 bits per heavy atom. The molecule has 3 heterocycles. The first kappa shape index (κ1) is 20.8. The van der Waals surface area contributed by atoms with Gasteiger partial charge in [-0.15, -0.1) is 0 Å². The second kappa shape index (κ2) is 9.13. The maximum Gasteiger partial charge on any atom is 0.255 e. The summed E-state index contributed by atoms with van der Waals surface area (Å²) in [5, 5.41) is 0. The van der Waals surface area contributed by atoms with Crippen LogP contribution >= 0.6 is 0 Å². The van der Waals surface area contributed by atoms with E-state index in [1.54, 1.807) is 12.1 Å². The molecule has 1 aromatic heterocycles. The van der Waals surface area contributed by atoms with E-state index in [2.05, 4.69) is 9.47 Å². The van der Waals surface area contributed by atoms with Gasteiger partial charge in [-0.25, -0.2) is 4.39 Å². The summed E-state index contributed by atoms with van der Waals surface area (Å²) in [5.41, 5.74) is 2.61. The summed E-state index contributed by atoms with van der Waals surface area (Å²) in [6.45, 7) is 4.34. The highest BCUT2D eigenvalue weighted by molar-refractivity contribution is 5.98. The van der Waals surface area contributed by atoms with Crippen molar-refractivity contribution in [3.8, 4) is 0 Å². The van der Waals surface area contributed by atoms with Gasteiger partial charge in [-0.2, -0.15) is 0 Å². The number of likely N-dealkylation sites (tertiary alicyclic amines) is 1. The molecular formula is C24H30FN3O2. The lowest BCUT2D eigenvalue weighted by Crippen LogP contribution is -2.39. The van der Waals surface area contributed by atoms with Crippen LogP contribution in [0.5, 0.6) is 0 Å². The van der Waals surface area contributed by atoms with E-state index in [1.165, 1.54) is 12.1 Å². The summed E-state index contributed by atoms with van der Waals surface area (Å²) in [4.78, 5) is 29.9. The zero-order valence-corrected chi connectivity index (χ0v) is 17.6. The van der Waals surface area contributed by atoms with E-state index in [9.17, 15) is 14.0 Å². The van der Waals surface area contributed by atoms with Crippen molar-refractivity contribution in [3.63, 3.8) is 0 Å². The van der Waals surface area contributed by atoms with Crippen LogP contribution in [0.1, 0.15) is 52.1 Å². The number of aromatic nitrogens is 1. The Morgan fingerprint density at radius 1 is 1.07 bits per heavy atom. The Kier molecular flexibility index (Phi) is 6.32. The van der Waals surface area contributed by atoms with Crippen LogP contribution in [0.2, 0.25) is 0 Å². The van der Waals surface area contributed by atoms with Crippen molar-refractivity contribution in [3.05, 3.63) is 59.2 Å². The summed E-state index contributed by atoms with van der Waals surface area (Å²) >= 11 is 0. The second-order valence-electron chi connectivity index (χ2n) is 8.52. The minimum absolute atomic E-state index is 0.0235. The number of benzene rings is 1. The van der Waals surface area contributed by atoms with Gasteiger partial charge in [-0.3, -0.25) is 9.59 Å². The molecule has 5 nitrogen and oxygen atoms in total. The van der Waals surface area contributed by atoms with E-state index >= 15 is 0 Å². The van der Waals surface area contributed by atoms with E-state index in [-0.39, 0.29) is 23.4 Å². The van der Waals surface area contributed by atoms with E-state index in [0.717, 1.165) is 76.1 Å². The number of carbonyl (C=O) groups excluding carboxylic acids is 2. The predicted molar refractivity (Wildman–Crippen MR) is 114 cm³/mol. The Balaban J connectivity index is 1.23. The number of Topliss-reactive ketones (excluding diaryl/α,β-unsaturated/α-hetero) is 1. The van der Waals surface area contributed by atoms with Crippen molar-refractivity contribution < 1.29 is 14.0 Å². The highest BCUT2D eigenvalue weighted by atomic mass is 19.1. The van der Waals surface area contributed by atoms with Crippen molar-refractivity contribution >= 4 is 11.7 Å². The SMILES string of the molecule is Cn1ccc2c1CCCN(CCCN1CCC(C(=O)c3ccc(F)cc3)CC1)C2=O. The fourth-order valence-electron chi connectivity index (χ4n) is 4.74. The molecule has 160 valence electrons. The van der Waals surface area contributed by atoms with Gasteiger partial charge in [0.1, 0.15) is 5.82 Å². The first-order valence-corrected chi connectivity index (χ1v) is 11.0. The molecule has 2 aromatic rings. The van der Waals surface area contributed by atoms with Gasteiger partial charge >= 0.3 is 0 Å². The molecule has 0 aliphatic carbocycles. The maximum atomic E-state index is 13.1. The number of aryl methyl sites for hydroxylation is 1. The van der Waals surface area contributed by atoms with Crippen LogP contribution in [0.3, 0.4) is 0 Å². The summed E-state index contributed by atoms with van der Waals surface area (Å²) in [5.74, 6) is -0.00155. The molecule has 0 saturated carbocycles. The lowest BCUT2D eigenvalue weighted by atomic mass is 9.89. The number of hydrogen-bond donors (Lipinski definition) is 0. The quantitative estimate of drug-likeness (QED) is 0.683. The fraction of sp³-hybridized carbons (Fsp3) is 0.500. The molecule has 1 saturated heterocycles. The molecule has 2 aliphatic heterocycles. The van der Waals surface area contributed by atoms with Crippen molar-refractivity contribution in [2.24, 2.45) is 13.0 Å². The summed E-state index contributed by atoms with van der Waals surface area (Å²) in [6, 6.07) is 7.81. The zero-order chi connectivity index (χ0) is 21.1. The monoisotopic (exact) mass is 411 g/mol. The van der Waals surface area contributed by atoms with Crippen LogP contribution < -0.4 is 0 Å². The number of nitrogens with zero attached hydrogens (tertiary/aromatic N) is 3.